The molecule has 5 nitrogen and oxygen atoms in total. The number of hydrogen-bond donors (Lipinski definition) is 1. The highest BCUT2D eigenvalue weighted by Crippen LogP contribution is 2.41. The van der Waals surface area contributed by atoms with Crippen molar-refractivity contribution in [2.75, 3.05) is 4.31 Å². The number of anilines is 1. The molecule has 1 N–H and O–H groups in total. The molecule has 1 aliphatic heterocycles. The van der Waals surface area contributed by atoms with Gasteiger partial charge in [0, 0.05) is 34.6 Å². The van der Waals surface area contributed by atoms with Crippen LogP contribution >= 0.6 is 0 Å². The number of aromatic amines is 1. The highest BCUT2D eigenvalue weighted by molar-refractivity contribution is 7.93. The van der Waals surface area contributed by atoms with Gasteiger partial charge in [0.05, 0.1) is 10.6 Å². The number of aryl methyl sites for hydroxylation is 1. The average molecular weight is 437 g/mol. The summed E-state index contributed by atoms with van der Waals surface area (Å²) < 4.78 is 29.3. The molecule has 3 aromatic rings. The van der Waals surface area contributed by atoms with Crippen molar-refractivity contribution in [2.24, 2.45) is 5.41 Å². The van der Waals surface area contributed by atoms with Crippen molar-refractivity contribution in [3.8, 4) is 0 Å². The van der Waals surface area contributed by atoms with Crippen molar-refractivity contribution in [1.82, 2.24) is 4.98 Å². The van der Waals surface area contributed by atoms with E-state index in [2.05, 4.69) is 18.8 Å². The lowest BCUT2D eigenvalue weighted by Crippen LogP contribution is -2.36. The lowest BCUT2D eigenvalue weighted by atomic mass is 9.76. The van der Waals surface area contributed by atoms with Gasteiger partial charge in [0.25, 0.3) is 10.0 Å². The Hall–Kier alpha value is -2.60. The summed E-state index contributed by atoms with van der Waals surface area (Å²) in [6.45, 7) is 8.11. The van der Waals surface area contributed by atoms with Crippen molar-refractivity contribution in [3.05, 3.63) is 58.8 Å². The SMILES string of the molecule is CCc1cc2c3c([nH]c2cc1S(=O)(=O)N1c2ccccc2C[C@@H]1C)CC(C)(C)CC3=O. The number of para-hydroxylation sites is 1. The number of hydrogen-bond acceptors (Lipinski definition) is 3. The summed E-state index contributed by atoms with van der Waals surface area (Å²) in [5.74, 6) is 0.136. The first-order valence-electron chi connectivity index (χ1n) is 11.0. The number of sulfonamides is 1. The number of rotatable bonds is 3. The van der Waals surface area contributed by atoms with Crippen LogP contribution < -0.4 is 4.31 Å². The number of Topliss-reactive ketones (excluding diaryl/α,β-unsaturated/α-hetero) is 1. The molecular weight excluding hydrogens is 408 g/mol. The lowest BCUT2D eigenvalue weighted by molar-refractivity contribution is 0.0913. The summed E-state index contributed by atoms with van der Waals surface area (Å²) >= 11 is 0. The Morgan fingerprint density at radius 3 is 2.65 bits per heavy atom. The van der Waals surface area contributed by atoms with Gasteiger partial charge >= 0.3 is 0 Å². The van der Waals surface area contributed by atoms with Crippen LogP contribution in [0.5, 0.6) is 0 Å². The second-order valence-electron chi connectivity index (χ2n) is 9.76. The Labute approximate surface area is 183 Å². The standard InChI is InChI=1S/C25H28N2O3S/c1-5-16-11-18-19(26-20-13-25(3,4)14-22(28)24(18)20)12-23(16)31(29,30)27-15(2)10-17-8-6-7-9-21(17)27/h6-9,11-12,15,26H,5,10,13-14H2,1-4H3/t15-/m0/s1. The molecule has 2 heterocycles. The number of carbonyl (C=O) groups excluding carboxylic acids is 1. The minimum atomic E-state index is -3.74. The number of H-pyrrole nitrogens is 1. The zero-order chi connectivity index (χ0) is 22.1. The molecule has 1 aliphatic carbocycles. The van der Waals surface area contributed by atoms with E-state index in [1.807, 2.05) is 44.2 Å². The zero-order valence-electron chi connectivity index (χ0n) is 18.5. The molecule has 0 saturated heterocycles. The first-order chi connectivity index (χ1) is 14.6. The van der Waals surface area contributed by atoms with Gasteiger partial charge in [-0.05, 0) is 60.9 Å². The number of fused-ring (bicyclic) bond motifs is 4. The highest BCUT2D eigenvalue weighted by atomic mass is 32.2. The average Bonchev–Trinajstić information content (AvgIpc) is 3.21. The molecule has 1 atom stereocenters. The fraction of sp³-hybridized carbons (Fsp3) is 0.400. The Kier molecular flexibility index (Phi) is 4.39. The van der Waals surface area contributed by atoms with Crippen LogP contribution in [0.1, 0.15) is 61.3 Å². The van der Waals surface area contributed by atoms with Crippen LogP contribution in [0, 0.1) is 5.41 Å². The molecule has 5 rings (SSSR count). The van der Waals surface area contributed by atoms with Gasteiger partial charge in [-0.2, -0.15) is 0 Å². The summed E-state index contributed by atoms with van der Waals surface area (Å²) in [7, 11) is -3.74. The first-order valence-corrected chi connectivity index (χ1v) is 12.4. The second-order valence-corrected chi connectivity index (χ2v) is 11.5. The molecule has 0 amide bonds. The minimum Gasteiger partial charge on any atom is -0.358 e. The van der Waals surface area contributed by atoms with E-state index in [1.165, 1.54) is 0 Å². The maximum Gasteiger partial charge on any atom is 0.264 e. The van der Waals surface area contributed by atoms with Crippen LogP contribution in [-0.2, 0) is 29.3 Å². The van der Waals surface area contributed by atoms with Gasteiger partial charge < -0.3 is 4.98 Å². The van der Waals surface area contributed by atoms with E-state index in [0.29, 0.717) is 24.2 Å². The first kappa shape index (κ1) is 20.3. The number of benzene rings is 2. The third-order valence-electron chi connectivity index (χ3n) is 6.69. The zero-order valence-corrected chi connectivity index (χ0v) is 19.3. The normalized spacial score (nSPS) is 20.2. The maximum absolute atomic E-state index is 13.9. The summed E-state index contributed by atoms with van der Waals surface area (Å²) in [5.41, 5.74) is 4.87. The van der Waals surface area contributed by atoms with Gasteiger partial charge in [-0.1, -0.05) is 39.0 Å². The quantitative estimate of drug-likeness (QED) is 0.626. The van der Waals surface area contributed by atoms with Crippen LogP contribution in [0.15, 0.2) is 41.3 Å². The summed E-state index contributed by atoms with van der Waals surface area (Å²) in [5, 5.41) is 0.848. The van der Waals surface area contributed by atoms with Crippen LogP contribution in [0.25, 0.3) is 10.9 Å². The third kappa shape index (κ3) is 3.03. The number of nitrogens with one attached hydrogen (secondary N) is 1. The van der Waals surface area contributed by atoms with Crippen LogP contribution in [-0.4, -0.2) is 25.2 Å². The van der Waals surface area contributed by atoms with Gasteiger partial charge in [-0.15, -0.1) is 0 Å². The molecule has 0 spiro atoms. The molecule has 0 saturated carbocycles. The second kappa shape index (κ2) is 6.70. The van der Waals surface area contributed by atoms with E-state index < -0.39 is 10.0 Å². The highest BCUT2D eigenvalue weighted by Gasteiger charge is 2.38. The van der Waals surface area contributed by atoms with Crippen molar-refractivity contribution in [3.63, 3.8) is 0 Å². The van der Waals surface area contributed by atoms with Crippen LogP contribution in [0.2, 0.25) is 0 Å². The number of aromatic nitrogens is 1. The smallest absolute Gasteiger partial charge is 0.264 e. The predicted octanol–water partition coefficient (Wildman–Crippen LogP) is 5.03. The number of carbonyl (C=O) groups is 1. The molecule has 1 aromatic heterocycles. The Bertz CT molecular complexity index is 1330. The van der Waals surface area contributed by atoms with E-state index in [0.717, 1.165) is 45.4 Å². The van der Waals surface area contributed by atoms with Gasteiger partial charge in [0.1, 0.15) is 0 Å². The Morgan fingerprint density at radius 1 is 1.16 bits per heavy atom. The van der Waals surface area contributed by atoms with E-state index in [1.54, 1.807) is 10.4 Å². The van der Waals surface area contributed by atoms with Crippen molar-refractivity contribution >= 4 is 32.4 Å². The van der Waals surface area contributed by atoms with Gasteiger partial charge in [0.2, 0.25) is 0 Å². The third-order valence-corrected chi connectivity index (χ3v) is 8.70. The van der Waals surface area contributed by atoms with Gasteiger partial charge in [-0.3, -0.25) is 9.10 Å². The van der Waals surface area contributed by atoms with E-state index in [4.69, 9.17) is 0 Å². The molecular formula is C25H28N2O3S. The summed E-state index contributed by atoms with van der Waals surface area (Å²) in [6, 6.07) is 11.2. The molecule has 162 valence electrons. The minimum absolute atomic E-state index is 0.0951. The fourth-order valence-electron chi connectivity index (χ4n) is 5.36. The van der Waals surface area contributed by atoms with Gasteiger partial charge in [0.15, 0.2) is 5.78 Å². The molecule has 0 unspecified atom stereocenters. The Morgan fingerprint density at radius 2 is 1.90 bits per heavy atom. The van der Waals surface area contributed by atoms with Crippen molar-refractivity contribution < 1.29 is 13.2 Å². The van der Waals surface area contributed by atoms with Crippen molar-refractivity contribution in [1.29, 1.82) is 0 Å². The molecule has 0 bridgehead atoms. The molecule has 2 aliphatic rings. The van der Waals surface area contributed by atoms with E-state index in [9.17, 15) is 13.2 Å². The fourth-order valence-corrected chi connectivity index (χ4v) is 7.36. The molecule has 0 fully saturated rings. The predicted molar refractivity (Wildman–Crippen MR) is 123 cm³/mol. The monoisotopic (exact) mass is 436 g/mol. The van der Waals surface area contributed by atoms with E-state index >= 15 is 0 Å². The molecule has 0 radical (unpaired) electrons. The topological polar surface area (TPSA) is 70.2 Å². The molecule has 2 aromatic carbocycles. The van der Waals surface area contributed by atoms with E-state index in [-0.39, 0.29) is 17.2 Å². The largest absolute Gasteiger partial charge is 0.358 e. The Balaban J connectivity index is 1.70. The van der Waals surface area contributed by atoms with Crippen molar-refractivity contribution in [2.45, 2.75) is 64.3 Å². The van der Waals surface area contributed by atoms with Gasteiger partial charge in [-0.25, -0.2) is 8.42 Å². The molecule has 31 heavy (non-hydrogen) atoms. The van der Waals surface area contributed by atoms with Crippen LogP contribution in [0.3, 0.4) is 0 Å². The van der Waals surface area contributed by atoms with Crippen LogP contribution in [0.4, 0.5) is 5.69 Å². The molecule has 6 heteroatoms. The maximum atomic E-state index is 13.9. The lowest BCUT2D eigenvalue weighted by Gasteiger charge is -2.28. The summed E-state index contributed by atoms with van der Waals surface area (Å²) in [6.07, 6.45) is 2.58. The number of nitrogens with zero attached hydrogens (tertiary/aromatic N) is 1. The number of ketones is 1. The summed E-state index contributed by atoms with van der Waals surface area (Å²) in [4.78, 5) is 16.6.